The number of nitrogens with zero attached hydrogens (tertiary/aromatic N) is 1. The van der Waals surface area contributed by atoms with Crippen LogP contribution < -0.4 is 4.74 Å². The first kappa shape index (κ1) is 14.4. The highest BCUT2D eigenvalue weighted by molar-refractivity contribution is 7.98. The summed E-state index contributed by atoms with van der Waals surface area (Å²) in [6, 6.07) is 9.17. The molecule has 2 aromatic rings. The molecule has 2 rings (SSSR count). The Morgan fingerprint density at radius 2 is 1.90 bits per heavy atom. The van der Waals surface area contributed by atoms with Gasteiger partial charge >= 0.3 is 5.97 Å². The van der Waals surface area contributed by atoms with E-state index in [0.717, 1.165) is 10.6 Å². The predicted molar refractivity (Wildman–Crippen MR) is 79.0 cm³/mol. The molecule has 104 valence electrons. The smallest absolute Gasteiger partial charge is 0.341 e. The number of pyridine rings is 1. The first-order valence-electron chi connectivity index (χ1n) is 6.04. The number of ether oxygens (including phenoxy) is 1. The second kappa shape index (κ2) is 5.96. The largest absolute Gasteiger partial charge is 0.477 e. The van der Waals surface area contributed by atoms with Crippen LogP contribution in [-0.4, -0.2) is 22.3 Å². The molecule has 5 heteroatoms. The summed E-state index contributed by atoms with van der Waals surface area (Å²) in [5.74, 6) is -0.333. The van der Waals surface area contributed by atoms with E-state index in [0.29, 0.717) is 11.3 Å². The minimum atomic E-state index is -1.04. The number of aromatic nitrogens is 1. The lowest BCUT2D eigenvalue weighted by atomic mass is 10.1. The van der Waals surface area contributed by atoms with Crippen LogP contribution in [0.4, 0.5) is 0 Å². The van der Waals surface area contributed by atoms with E-state index in [4.69, 9.17) is 4.74 Å². The number of aromatic carboxylic acids is 1. The van der Waals surface area contributed by atoms with Crippen molar-refractivity contribution in [2.45, 2.75) is 18.7 Å². The molecule has 0 atom stereocenters. The summed E-state index contributed by atoms with van der Waals surface area (Å²) in [5.41, 5.74) is 1.47. The first-order chi connectivity index (χ1) is 9.51. The maximum absolute atomic E-state index is 11.3. The highest BCUT2D eigenvalue weighted by Crippen LogP contribution is 2.27. The molecule has 0 spiro atoms. The molecule has 0 unspecified atom stereocenters. The second-order valence-corrected chi connectivity index (χ2v) is 5.22. The van der Waals surface area contributed by atoms with Crippen molar-refractivity contribution < 1.29 is 14.6 Å². The van der Waals surface area contributed by atoms with Crippen molar-refractivity contribution in [3.05, 3.63) is 47.2 Å². The van der Waals surface area contributed by atoms with Gasteiger partial charge in [0, 0.05) is 10.6 Å². The van der Waals surface area contributed by atoms with Crippen molar-refractivity contribution in [1.29, 1.82) is 0 Å². The molecule has 1 N–H and O–H groups in total. The fraction of sp³-hybridized carbons (Fsp3) is 0.200. The van der Waals surface area contributed by atoms with Crippen LogP contribution in [0.3, 0.4) is 0 Å². The lowest BCUT2D eigenvalue weighted by Crippen LogP contribution is -2.06. The first-order valence-corrected chi connectivity index (χ1v) is 7.27. The summed E-state index contributed by atoms with van der Waals surface area (Å²) in [5, 5.41) is 9.27. The lowest BCUT2D eigenvalue weighted by Gasteiger charge is -2.11. The molecular formula is C15H15NO3S. The van der Waals surface area contributed by atoms with Crippen LogP contribution in [0.15, 0.2) is 35.2 Å². The molecular weight excluding hydrogens is 274 g/mol. The SMILES string of the molecule is CSc1ccc(Oc2nc(C)cc(C)c2C(=O)O)cc1. The van der Waals surface area contributed by atoms with Gasteiger partial charge in [-0.05, 0) is 56.0 Å². The van der Waals surface area contributed by atoms with Crippen LogP contribution in [-0.2, 0) is 0 Å². The summed E-state index contributed by atoms with van der Waals surface area (Å²) in [6.45, 7) is 3.55. The van der Waals surface area contributed by atoms with Crippen molar-refractivity contribution >= 4 is 17.7 Å². The van der Waals surface area contributed by atoms with Crippen LogP contribution in [0.5, 0.6) is 11.6 Å². The number of hydrogen-bond donors (Lipinski definition) is 1. The standard InChI is InChI=1S/C15H15NO3S/c1-9-8-10(2)16-14(13(9)15(17)18)19-11-4-6-12(20-3)7-5-11/h4-8H,1-3H3,(H,17,18). The van der Waals surface area contributed by atoms with Gasteiger partial charge in [-0.2, -0.15) is 0 Å². The van der Waals surface area contributed by atoms with Crippen molar-refractivity contribution in [2.75, 3.05) is 6.26 Å². The van der Waals surface area contributed by atoms with E-state index >= 15 is 0 Å². The van der Waals surface area contributed by atoms with Gasteiger partial charge in [-0.15, -0.1) is 11.8 Å². The fourth-order valence-corrected chi connectivity index (χ4v) is 2.30. The zero-order valence-electron chi connectivity index (χ0n) is 11.5. The highest BCUT2D eigenvalue weighted by atomic mass is 32.2. The van der Waals surface area contributed by atoms with E-state index in [-0.39, 0.29) is 11.4 Å². The third-order valence-corrected chi connectivity index (χ3v) is 3.54. The molecule has 0 saturated heterocycles. The van der Waals surface area contributed by atoms with E-state index in [1.165, 1.54) is 0 Å². The Hall–Kier alpha value is -2.01. The van der Waals surface area contributed by atoms with E-state index in [1.54, 1.807) is 36.9 Å². The van der Waals surface area contributed by atoms with Crippen LogP contribution in [0.1, 0.15) is 21.6 Å². The Kier molecular flexibility index (Phi) is 4.29. The third kappa shape index (κ3) is 3.11. The van der Waals surface area contributed by atoms with Crippen molar-refractivity contribution in [3.63, 3.8) is 0 Å². The average Bonchev–Trinajstić information content (AvgIpc) is 2.38. The van der Waals surface area contributed by atoms with Crippen molar-refractivity contribution in [3.8, 4) is 11.6 Å². The Balaban J connectivity index is 2.39. The second-order valence-electron chi connectivity index (χ2n) is 4.34. The van der Waals surface area contributed by atoms with Gasteiger partial charge in [0.05, 0.1) is 0 Å². The Morgan fingerprint density at radius 3 is 2.45 bits per heavy atom. The van der Waals surface area contributed by atoms with Crippen molar-refractivity contribution in [1.82, 2.24) is 4.98 Å². The number of carboxylic acid groups (broad SMARTS) is 1. The van der Waals surface area contributed by atoms with E-state index < -0.39 is 5.97 Å². The van der Waals surface area contributed by atoms with Crippen LogP contribution in [0.2, 0.25) is 0 Å². The minimum Gasteiger partial charge on any atom is -0.477 e. The molecule has 1 aromatic heterocycles. The molecule has 20 heavy (non-hydrogen) atoms. The topological polar surface area (TPSA) is 59.4 Å². The number of rotatable bonds is 4. The molecule has 0 aliphatic carbocycles. The zero-order chi connectivity index (χ0) is 14.7. The molecule has 0 radical (unpaired) electrons. The predicted octanol–water partition coefficient (Wildman–Crippen LogP) is 3.91. The van der Waals surface area contributed by atoms with Gasteiger partial charge in [-0.1, -0.05) is 0 Å². The van der Waals surface area contributed by atoms with Gasteiger partial charge < -0.3 is 9.84 Å². The van der Waals surface area contributed by atoms with Gasteiger partial charge in [-0.25, -0.2) is 9.78 Å². The van der Waals surface area contributed by atoms with Crippen molar-refractivity contribution in [2.24, 2.45) is 0 Å². The molecule has 0 bridgehead atoms. The number of benzene rings is 1. The molecule has 1 heterocycles. The summed E-state index contributed by atoms with van der Waals surface area (Å²) < 4.78 is 5.63. The summed E-state index contributed by atoms with van der Waals surface area (Å²) in [6.07, 6.45) is 1.99. The number of aryl methyl sites for hydroxylation is 2. The normalized spacial score (nSPS) is 10.3. The maximum atomic E-state index is 11.3. The molecule has 0 fully saturated rings. The van der Waals surface area contributed by atoms with Gasteiger partial charge in [0.2, 0.25) is 5.88 Å². The van der Waals surface area contributed by atoms with Crippen LogP contribution >= 0.6 is 11.8 Å². The minimum absolute atomic E-state index is 0.101. The molecule has 0 aliphatic heterocycles. The average molecular weight is 289 g/mol. The number of thioether (sulfide) groups is 1. The molecule has 0 saturated carbocycles. The summed E-state index contributed by atoms with van der Waals surface area (Å²) in [7, 11) is 0. The maximum Gasteiger partial charge on any atom is 0.341 e. The Bertz CT molecular complexity index is 638. The van der Waals surface area contributed by atoms with Gasteiger partial charge in [0.15, 0.2) is 0 Å². The third-order valence-electron chi connectivity index (χ3n) is 2.80. The Morgan fingerprint density at radius 1 is 1.25 bits per heavy atom. The number of carboxylic acids is 1. The van der Waals surface area contributed by atoms with E-state index in [1.807, 2.05) is 25.3 Å². The molecule has 0 aliphatic rings. The summed E-state index contributed by atoms with van der Waals surface area (Å²) in [4.78, 5) is 16.6. The van der Waals surface area contributed by atoms with Gasteiger partial charge in [-0.3, -0.25) is 0 Å². The lowest BCUT2D eigenvalue weighted by molar-refractivity contribution is 0.0692. The summed E-state index contributed by atoms with van der Waals surface area (Å²) >= 11 is 1.63. The number of carbonyl (C=O) groups is 1. The fourth-order valence-electron chi connectivity index (χ4n) is 1.89. The van der Waals surface area contributed by atoms with E-state index in [9.17, 15) is 9.90 Å². The monoisotopic (exact) mass is 289 g/mol. The molecule has 4 nitrogen and oxygen atoms in total. The molecule has 0 amide bonds. The highest BCUT2D eigenvalue weighted by Gasteiger charge is 2.17. The van der Waals surface area contributed by atoms with Gasteiger partial charge in [0.25, 0.3) is 0 Å². The van der Waals surface area contributed by atoms with Crippen LogP contribution in [0.25, 0.3) is 0 Å². The number of hydrogen-bond acceptors (Lipinski definition) is 4. The quantitative estimate of drug-likeness (QED) is 0.865. The molecule has 1 aromatic carbocycles. The van der Waals surface area contributed by atoms with E-state index in [2.05, 4.69) is 4.98 Å². The Labute approximate surface area is 121 Å². The zero-order valence-corrected chi connectivity index (χ0v) is 12.3. The van der Waals surface area contributed by atoms with Crippen LogP contribution in [0, 0.1) is 13.8 Å². The van der Waals surface area contributed by atoms with Gasteiger partial charge in [0.1, 0.15) is 11.3 Å².